The molecule has 0 spiro atoms. The van der Waals surface area contributed by atoms with Crippen molar-refractivity contribution >= 4 is 33.3 Å². The normalized spacial score (nSPS) is 21.7. The number of hydrogen-bond acceptors (Lipinski definition) is 4. The minimum absolute atomic E-state index is 0.137. The maximum absolute atomic E-state index is 12.7. The van der Waals surface area contributed by atoms with E-state index in [4.69, 9.17) is 0 Å². The maximum Gasteiger partial charge on any atom is 0.263 e. The van der Waals surface area contributed by atoms with Crippen LogP contribution in [0, 0.1) is 5.92 Å². The summed E-state index contributed by atoms with van der Waals surface area (Å²) in [6.07, 6.45) is 3.36. The molecule has 0 saturated carbocycles. The molecule has 4 rings (SSSR count). The fraction of sp³-hybridized carbons (Fsp3) is 0.429. The topological polar surface area (TPSA) is 34.9 Å². The number of rotatable bonds is 0. The Labute approximate surface area is 119 Å². The van der Waals surface area contributed by atoms with E-state index in [1.165, 1.54) is 28.6 Å². The van der Waals surface area contributed by atoms with Gasteiger partial charge in [0.05, 0.1) is 11.9 Å². The first-order chi connectivity index (χ1) is 9.13. The highest BCUT2D eigenvalue weighted by Gasteiger charge is 2.26. The summed E-state index contributed by atoms with van der Waals surface area (Å²) in [5.74, 6) is 0.673. The number of thiophene rings is 1. The predicted molar refractivity (Wildman–Crippen MR) is 80.1 cm³/mol. The Kier molecular flexibility index (Phi) is 2.45. The third-order valence-corrected chi connectivity index (χ3v) is 6.04. The zero-order valence-corrected chi connectivity index (χ0v) is 12.4. The number of nitrogens with zero attached hydrogens (tertiary/aromatic N) is 2. The summed E-state index contributed by atoms with van der Waals surface area (Å²) in [4.78, 5) is 20.7. The monoisotopic (exact) mass is 290 g/mol. The van der Waals surface area contributed by atoms with Crippen molar-refractivity contribution < 1.29 is 0 Å². The predicted octanol–water partition coefficient (Wildman–Crippen LogP) is 3.20. The summed E-state index contributed by atoms with van der Waals surface area (Å²) >= 11 is 3.25. The van der Waals surface area contributed by atoms with E-state index < -0.39 is 0 Å². The molecule has 0 N–H and O–H groups in total. The Hall–Kier alpha value is -1.07. The molecule has 0 aromatic carbocycles. The number of aromatic nitrogens is 2. The third kappa shape index (κ3) is 1.64. The van der Waals surface area contributed by atoms with E-state index in [1.807, 2.05) is 0 Å². The molecular formula is C14H14N2OS2. The van der Waals surface area contributed by atoms with E-state index in [0.717, 1.165) is 33.1 Å². The number of fused-ring (bicyclic) bond motifs is 4. The van der Waals surface area contributed by atoms with Crippen LogP contribution in [0.2, 0.25) is 0 Å². The van der Waals surface area contributed by atoms with Gasteiger partial charge in [-0.15, -0.1) is 11.3 Å². The molecule has 1 atom stereocenters. The van der Waals surface area contributed by atoms with Crippen molar-refractivity contribution in [1.29, 1.82) is 0 Å². The van der Waals surface area contributed by atoms with Gasteiger partial charge in [0.2, 0.25) is 0 Å². The highest BCUT2D eigenvalue weighted by Crippen LogP contribution is 2.38. The molecule has 2 aromatic heterocycles. The van der Waals surface area contributed by atoms with Crippen LogP contribution in [0.15, 0.2) is 21.4 Å². The summed E-state index contributed by atoms with van der Waals surface area (Å²) < 4.78 is 1.78. The van der Waals surface area contributed by atoms with Crippen molar-refractivity contribution in [3.63, 3.8) is 0 Å². The highest BCUT2D eigenvalue weighted by molar-refractivity contribution is 8.03. The Bertz CT molecular complexity index is 772. The number of aryl methyl sites for hydroxylation is 1. The Morgan fingerprint density at radius 2 is 2.32 bits per heavy atom. The lowest BCUT2D eigenvalue weighted by atomic mass is 9.89. The van der Waals surface area contributed by atoms with Gasteiger partial charge in [0.1, 0.15) is 4.83 Å². The molecule has 0 amide bonds. The quantitative estimate of drug-likeness (QED) is 0.699. The summed E-state index contributed by atoms with van der Waals surface area (Å²) in [5.41, 5.74) is 1.41. The average Bonchev–Trinajstić information content (AvgIpc) is 2.89. The fourth-order valence-corrected chi connectivity index (χ4v) is 5.08. The van der Waals surface area contributed by atoms with E-state index in [-0.39, 0.29) is 5.56 Å². The van der Waals surface area contributed by atoms with Gasteiger partial charge in [0.15, 0.2) is 5.16 Å². The molecule has 2 aliphatic rings. The average molecular weight is 290 g/mol. The molecule has 19 heavy (non-hydrogen) atoms. The van der Waals surface area contributed by atoms with Crippen LogP contribution in [0.5, 0.6) is 0 Å². The van der Waals surface area contributed by atoms with Crippen molar-refractivity contribution in [1.82, 2.24) is 9.55 Å². The second-order valence-corrected chi connectivity index (χ2v) is 7.69. The molecule has 0 fully saturated rings. The lowest BCUT2D eigenvalue weighted by molar-refractivity contribution is 0.508. The molecule has 2 aromatic rings. The molecule has 5 heteroatoms. The van der Waals surface area contributed by atoms with Crippen molar-refractivity contribution in [3.8, 4) is 0 Å². The van der Waals surface area contributed by atoms with Gasteiger partial charge in [-0.3, -0.25) is 9.36 Å². The van der Waals surface area contributed by atoms with Gasteiger partial charge < -0.3 is 0 Å². The van der Waals surface area contributed by atoms with E-state index in [0.29, 0.717) is 12.5 Å². The number of hydrogen-bond donors (Lipinski definition) is 0. The van der Waals surface area contributed by atoms with Crippen LogP contribution >= 0.6 is 23.1 Å². The van der Waals surface area contributed by atoms with Gasteiger partial charge in [-0.05, 0) is 30.7 Å². The summed E-state index contributed by atoms with van der Waals surface area (Å²) in [7, 11) is 0. The number of thioether (sulfide) groups is 1. The van der Waals surface area contributed by atoms with Crippen LogP contribution in [0.4, 0.5) is 0 Å². The van der Waals surface area contributed by atoms with E-state index in [9.17, 15) is 4.79 Å². The molecule has 3 nitrogen and oxygen atoms in total. The molecule has 3 heterocycles. The zero-order chi connectivity index (χ0) is 13.1. The highest BCUT2D eigenvalue weighted by atomic mass is 32.2. The lowest BCUT2D eigenvalue weighted by Gasteiger charge is -2.17. The second kappa shape index (κ2) is 3.96. The summed E-state index contributed by atoms with van der Waals surface area (Å²) in [6, 6.07) is 0. The van der Waals surface area contributed by atoms with Crippen molar-refractivity contribution in [2.24, 2.45) is 5.92 Å². The second-order valence-electron chi connectivity index (χ2n) is 5.46. The van der Waals surface area contributed by atoms with Crippen LogP contribution < -0.4 is 5.56 Å². The van der Waals surface area contributed by atoms with Crippen molar-refractivity contribution in [2.75, 3.05) is 0 Å². The van der Waals surface area contributed by atoms with Gasteiger partial charge in [-0.2, -0.15) is 0 Å². The molecule has 98 valence electrons. The molecular weight excluding hydrogens is 276 g/mol. The Morgan fingerprint density at radius 1 is 1.47 bits per heavy atom. The molecule has 1 unspecified atom stereocenters. The fourth-order valence-electron chi connectivity index (χ4n) is 2.97. The molecule has 0 radical (unpaired) electrons. The van der Waals surface area contributed by atoms with Gasteiger partial charge in [-0.25, -0.2) is 4.98 Å². The standard InChI is InChI=1S/C14H14N2OS2/c1-7-3-4-10-9(5-7)11-12(19-10)15-14-16(13(11)17)6-8(2)18-14/h7H,2-6H2,1H3. The smallest absolute Gasteiger partial charge is 0.263 e. The van der Waals surface area contributed by atoms with Gasteiger partial charge in [-0.1, -0.05) is 25.3 Å². The zero-order valence-electron chi connectivity index (χ0n) is 10.7. The summed E-state index contributed by atoms with van der Waals surface area (Å²) in [5, 5.41) is 1.69. The number of allylic oxidation sites excluding steroid dienone is 1. The first-order valence-electron chi connectivity index (χ1n) is 6.54. The minimum atomic E-state index is 0.137. The maximum atomic E-state index is 12.7. The van der Waals surface area contributed by atoms with Crippen molar-refractivity contribution in [2.45, 2.75) is 37.9 Å². The van der Waals surface area contributed by atoms with Crippen LogP contribution in [-0.4, -0.2) is 9.55 Å². The van der Waals surface area contributed by atoms with Gasteiger partial charge in [0.25, 0.3) is 5.56 Å². The Balaban J connectivity index is 2.04. The van der Waals surface area contributed by atoms with Crippen molar-refractivity contribution in [3.05, 3.63) is 32.3 Å². The van der Waals surface area contributed by atoms with E-state index >= 15 is 0 Å². The van der Waals surface area contributed by atoms with E-state index in [1.54, 1.807) is 15.9 Å². The van der Waals surface area contributed by atoms with Crippen LogP contribution in [0.1, 0.15) is 23.8 Å². The molecule has 1 aliphatic heterocycles. The van der Waals surface area contributed by atoms with Crippen LogP contribution in [0.25, 0.3) is 10.2 Å². The van der Waals surface area contributed by atoms with E-state index in [2.05, 4.69) is 18.5 Å². The summed E-state index contributed by atoms with van der Waals surface area (Å²) in [6.45, 7) is 6.83. The van der Waals surface area contributed by atoms with Crippen LogP contribution in [0.3, 0.4) is 0 Å². The minimum Gasteiger partial charge on any atom is -0.282 e. The SMILES string of the molecule is C=C1Cn2c(nc3sc4c(c3c2=O)CC(C)CC4)S1. The molecule has 0 bridgehead atoms. The Morgan fingerprint density at radius 3 is 3.16 bits per heavy atom. The van der Waals surface area contributed by atoms with Crippen LogP contribution in [-0.2, 0) is 19.4 Å². The van der Waals surface area contributed by atoms with Gasteiger partial charge >= 0.3 is 0 Å². The molecule has 0 saturated heterocycles. The lowest BCUT2D eigenvalue weighted by Crippen LogP contribution is -2.21. The third-order valence-electron chi connectivity index (χ3n) is 3.95. The first-order valence-corrected chi connectivity index (χ1v) is 8.17. The largest absolute Gasteiger partial charge is 0.282 e. The first kappa shape index (κ1) is 11.7. The molecule has 1 aliphatic carbocycles. The van der Waals surface area contributed by atoms with Gasteiger partial charge in [0, 0.05) is 9.78 Å².